The van der Waals surface area contributed by atoms with Crippen molar-refractivity contribution in [1.29, 1.82) is 0 Å². The van der Waals surface area contributed by atoms with Gasteiger partial charge in [0.05, 0.1) is 6.54 Å². The van der Waals surface area contributed by atoms with E-state index in [1.807, 2.05) is 6.21 Å². The summed E-state index contributed by atoms with van der Waals surface area (Å²) in [4.78, 5) is 4.28. The normalized spacial score (nSPS) is 13.6. The first-order valence-corrected chi connectivity index (χ1v) is 6.34. The van der Waals surface area contributed by atoms with Crippen molar-refractivity contribution in [2.24, 2.45) is 4.99 Å². The third-order valence-corrected chi connectivity index (χ3v) is 3.73. The third-order valence-electron chi connectivity index (χ3n) is 3.73. The van der Waals surface area contributed by atoms with Crippen LogP contribution in [0.25, 0.3) is 21.7 Å². The molecule has 0 amide bonds. The first-order chi connectivity index (χ1) is 8.88. The zero-order valence-corrected chi connectivity index (χ0v) is 10.2. The first-order valence-electron chi connectivity index (χ1n) is 6.34. The Labute approximate surface area is 105 Å². The minimum atomic E-state index is 0.680. The van der Waals surface area contributed by atoms with E-state index in [4.69, 9.17) is 4.42 Å². The molecule has 0 fully saturated rings. The highest BCUT2D eigenvalue weighted by atomic mass is 16.3. The van der Waals surface area contributed by atoms with E-state index < -0.39 is 0 Å². The zero-order valence-electron chi connectivity index (χ0n) is 10.2. The quantitative estimate of drug-likeness (QED) is 0.624. The molecule has 0 radical (unpaired) electrons. The summed E-state index contributed by atoms with van der Waals surface area (Å²) in [5.74, 6) is 1.00. The highest BCUT2D eigenvalue weighted by molar-refractivity contribution is 6.12. The van der Waals surface area contributed by atoms with E-state index >= 15 is 0 Å². The maximum Gasteiger partial charge on any atom is 0.142 e. The Kier molecular flexibility index (Phi) is 1.90. The fourth-order valence-electron chi connectivity index (χ4n) is 2.83. The fraction of sp³-hybridized carbons (Fsp3) is 0.188. The largest absolute Gasteiger partial charge is 0.458 e. The summed E-state index contributed by atoms with van der Waals surface area (Å²) in [5, 5.41) is 3.73. The van der Waals surface area contributed by atoms with E-state index in [1.54, 1.807) is 0 Å². The molecule has 0 saturated carbocycles. The molecule has 0 saturated heterocycles. The average Bonchev–Trinajstić information content (AvgIpc) is 2.98. The van der Waals surface area contributed by atoms with Crippen LogP contribution in [0.3, 0.4) is 0 Å². The summed E-state index contributed by atoms with van der Waals surface area (Å²) in [5.41, 5.74) is 3.56. The molecule has 2 nitrogen and oxygen atoms in total. The van der Waals surface area contributed by atoms with Crippen LogP contribution >= 0.6 is 0 Å². The van der Waals surface area contributed by atoms with Gasteiger partial charge in [-0.15, -0.1) is 0 Å². The van der Waals surface area contributed by atoms with Crippen molar-refractivity contribution in [3.05, 3.63) is 47.2 Å². The van der Waals surface area contributed by atoms with Crippen molar-refractivity contribution in [1.82, 2.24) is 0 Å². The predicted octanol–water partition coefficient (Wildman–Crippen LogP) is 4.08. The van der Waals surface area contributed by atoms with Crippen molar-refractivity contribution in [2.45, 2.75) is 19.9 Å². The highest BCUT2D eigenvalue weighted by Gasteiger charge is 2.18. The molecule has 0 aliphatic carbocycles. The standard InChI is InChI=1S/C16H13NO/c1-2-10-7-13-14-8-17-9-15(14)18-16(13)12-6-4-3-5-11(10)12/h3-8H,2,9H2,1H3. The molecular weight excluding hydrogens is 222 g/mol. The van der Waals surface area contributed by atoms with Crippen molar-refractivity contribution < 1.29 is 4.42 Å². The van der Waals surface area contributed by atoms with Crippen LogP contribution in [0.2, 0.25) is 0 Å². The second-order valence-electron chi connectivity index (χ2n) is 4.72. The molecule has 4 rings (SSSR count). The van der Waals surface area contributed by atoms with Crippen molar-refractivity contribution in [3.8, 4) is 0 Å². The lowest BCUT2D eigenvalue weighted by Gasteiger charge is -2.05. The summed E-state index contributed by atoms with van der Waals surface area (Å²) in [6.45, 7) is 2.88. The predicted molar refractivity (Wildman–Crippen MR) is 74.4 cm³/mol. The molecule has 0 unspecified atom stereocenters. The van der Waals surface area contributed by atoms with Gasteiger partial charge in [0.2, 0.25) is 0 Å². The van der Waals surface area contributed by atoms with Crippen LogP contribution in [0.5, 0.6) is 0 Å². The van der Waals surface area contributed by atoms with Crippen LogP contribution in [-0.4, -0.2) is 6.21 Å². The highest BCUT2D eigenvalue weighted by Crippen LogP contribution is 2.35. The molecule has 18 heavy (non-hydrogen) atoms. The second kappa shape index (κ2) is 3.45. The van der Waals surface area contributed by atoms with Crippen LogP contribution in [0.1, 0.15) is 23.8 Å². The van der Waals surface area contributed by atoms with E-state index in [1.165, 1.54) is 27.3 Å². The number of nitrogens with zero attached hydrogens (tertiary/aromatic N) is 1. The topological polar surface area (TPSA) is 25.5 Å². The molecule has 1 aliphatic rings. The van der Waals surface area contributed by atoms with Crippen LogP contribution in [-0.2, 0) is 13.0 Å². The SMILES string of the molecule is CCc1cc2c3c(oc2c2ccccc12)CN=C3. The van der Waals surface area contributed by atoms with Crippen LogP contribution in [0.15, 0.2) is 39.7 Å². The van der Waals surface area contributed by atoms with E-state index in [0.717, 1.165) is 17.8 Å². The number of hydrogen-bond acceptors (Lipinski definition) is 2. The fourth-order valence-corrected chi connectivity index (χ4v) is 2.83. The zero-order chi connectivity index (χ0) is 12.1. The lowest BCUT2D eigenvalue weighted by Crippen LogP contribution is -1.85. The maximum atomic E-state index is 6.00. The van der Waals surface area contributed by atoms with E-state index in [9.17, 15) is 0 Å². The van der Waals surface area contributed by atoms with Gasteiger partial charge in [-0.2, -0.15) is 0 Å². The van der Waals surface area contributed by atoms with Gasteiger partial charge in [-0.1, -0.05) is 31.2 Å². The second-order valence-corrected chi connectivity index (χ2v) is 4.72. The Morgan fingerprint density at radius 1 is 1.17 bits per heavy atom. The monoisotopic (exact) mass is 235 g/mol. The summed E-state index contributed by atoms with van der Waals surface area (Å²) < 4.78 is 6.00. The lowest BCUT2D eigenvalue weighted by atomic mass is 9.98. The van der Waals surface area contributed by atoms with Gasteiger partial charge < -0.3 is 4.42 Å². The molecule has 2 aromatic carbocycles. The number of furan rings is 1. The van der Waals surface area contributed by atoms with Gasteiger partial charge in [0.25, 0.3) is 0 Å². The molecule has 0 spiro atoms. The van der Waals surface area contributed by atoms with Crippen LogP contribution in [0, 0.1) is 0 Å². The molecule has 88 valence electrons. The Balaban J connectivity index is 2.25. The van der Waals surface area contributed by atoms with Gasteiger partial charge in [-0.05, 0) is 23.4 Å². The molecule has 3 aromatic rings. The van der Waals surface area contributed by atoms with Gasteiger partial charge in [0.15, 0.2) is 0 Å². The molecule has 0 bridgehead atoms. The minimum Gasteiger partial charge on any atom is -0.458 e. The molecule has 2 heterocycles. The van der Waals surface area contributed by atoms with Gasteiger partial charge >= 0.3 is 0 Å². The van der Waals surface area contributed by atoms with Gasteiger partial charge in [0, 0.05) is 22.6 Å². The number of rotatable bonds is 1. The third kappa shape index (κ3) is 1.15. The average molecular weight is 235 g/mol. The Bertz CT molecular complexity index is 796. The number of benzene rings is 2. The number of aliphatic imine (C=N–C) groups is 1. The molecule has 2 heteroatoms. The molecule has 0 N–H and O–H groups in total. The lowest BCUT2D eigenvalue weighted by molar-refractivity contribution is 0.560. The summed E-state index contributed by atoms with van der Waals surface area (Å²) >= 11 is 0. The number of aryl methyl sites for hydroxylation is 1. The molecule has 0 atom stereocenters. The number of hydrogen-bond donors (Lipinski definition) is 0. The smallest absolute Gasteiger partial charge is 0.142 e. The van der Waals surface area contributed by atoms with Gasteiger partial charge in [-0.3, -0.25) is 4.99 Å². The summed E-state index contributed by atoms with van der Waals surface area (Å²) in [7, 11) is 0. The molecule has 1 aliphatic heterocycles. The van der Waals surface area contributed by atoms with E-state index in [-0.39, 0.29) is 0 Å². The minimum absolute atomic E-state index is 0.680. The Morgan fingerprint density at radius 2 is 2.00 bits per heavy atom. The van der Waals surface area contributed by atoms with Crippen molar-refractivity contribution in [3.63, 3.8) is 0 Å². The first kappa shape index (κ1) is 9.89. The van der Waals surface area contributed by atoms with E-state index in [2.05, 4.69) is 42.2 Å². The van der Waals surface area contributed by atoms with Crippen LogP contribution in [0.4, 0.5) is 0 Å². The molecular formula is C16H13NO. The van der Waals surface area contributed by atoms with Gasteiger partial charge in [0.1, 0.15) is 11.3 Å². The Morgan fingerprint density at radius 3 is 2.83 bits per heavy atom. The van der Waals surface area contributed by atoms with Crippen LogP contribution < -0.4 is 0 Å². The van der Waals surface area contributed by atoms with Gasteiger partial charge in [-0.25, -0.2) is 0 Å². The summed E-state index contributed by atoms with van der Waals surface area (Å²) in [6.07, 6.45) is 2.98. The van der Waals surface area contributed by atoms with E-state index in [0.29, 0.717) is 6.54 Å². The summed E-state index contributed by atoms with van der Waals surface area (Å²) in [6, 6.07) is 10.7. The molecule has 1 aromatic heterocycles. The Hall–Kier alpha value is -2.09. The van der Waals surface area contributed by atoms with Crippen molar-refractivity contribution in [2.75, 3.05) is 0 Å². The number of fused-ring (bicyclic) bond motifs is 5. The van der Waals surface area contributed by atoms with Crippen molar-refractivity contribution >= 4 is 28.0 Å². The maximum absolute atomic E-state index is 6.00.